The lowest BCUT2D eigenvalue weighted by Gasteiger charge is -2.16. The summed E-state index contributed by atoms with van der Waals surface area (Å²) < 4.78 is 0. The number of nitrogens with two attached hydrogens (primary N) is 1. The second-order valence-electron chi connectivity index (χ2n) is 5.64. The molecular weight excluding hydrogens is 198 g/mol. The summed E-state index contributed by atoms with van der Waals surface area (Å²) in [6.07, 6.45) is 10.6. The van der Waals surface area contributed by atoms with Crippen molar-refractivity contribution in [1.82, 2.24) is 0 Å². The molecule has 2 heteroatoms. The minimum absolute atomic E-state index is 0.127. The van der Waals surface area contributed by atoms with Crippen molar-refractivity contribution >= 4 is 5.78 Å². The van der Waals surface area contributed by atoms with E-state index in [0.717, 1.165) is 12.3 Å². The Kier molecular flexibility index (Phi) is 6.04. The Morgan fingerprint density at radius 2 is 2.00 bits per heavy atom. The smallest absolute Gasteiger partial charge is 0.146 e. The summed E-state index contributed by atoms with van der Waals surface area (Å²) in [6, 6.07) is -0.235. The fourth-order valence-electron chi connectivity index (χ4n) is 2.77. The van der Waals surface area contributed by atoms with Gasteiger partial charge in [-0.25, -0.2) is 0 Å². The third-order valence-corrected chi connectivity index (χ3v) is 3.96. The van der Waals surface area contributed by atoms with Crippen LogP contribution in [0.5, 0.6) is 0 Å². The lowest BCUT2D eigenvalue weighted by atomic mass is 9.92. The molecule has 0 aromatic heterocycles. The van der Waals surface area contributed by atoms with Crippen LogP contribution in [-0.4, -0.2) is 11.8 Å². The zero-order chi connectivity index (χ0) is 12.0. The van der Waals surface area contributed by atoms with E-state index in [1.807, 2.05) is 0 Å². The fourth-order valence-corrected chi connectivity index (χ4v) is 2.77. The van der Waals surface area contributed by atoms with E-state index < -0.39 is 0 Å². The molecule has 0 aliphatic heterocycles. The van der Waals surface area contributed by atoms with Gasteiger partial charge in [-0.1, -0.05) is 51.9 Å². The summed E-state index contributed by atoms with van der Waals surface area (Å²) in [4.78, 5) is 11.0. The standard InChI is InChI=1S/C14H27NO/c1-11(10-14(15)12(2)16)6-5-9-13-7-3-4-8-13/h11,13-14H,3-10,15H2,1-2H3/t11-,14+/m1/s1. The predicted molar refractivity (Wildman–Crippen MR) is 68.2 cm³/mol. The number of Topliss-reactive ketones (excluding diaryl/α,β-unsaturated/α-hetero) is 1. The Balaban J connectivity index is 2.05. The number of carbonyl (C=O) groups excluding carboxylic acids is 1. The molecule has 1 aliphatic rings. The number of hydrogen-bond donors (Lipinski definition) is 1. The van der Waals surface area contributed by atoms with Crippen LogP contribution < -0.4 is 5.73 Å². The molecule has 0 saturated heterocycles. The molecule has 0 aromatic carbocycles. The molecule has 2 N–H and O–H groups in total. The first-order valence-corrected chi connectivity index (χ1v) is 6.85. The van der Waals surface area contributed by atoms with Gasteiger partial charge in [0.05, 0.1) is 6.04 Å². The maximum absolute atomic E-state index is 11.0. The Labute approximate surface area is 100.0 Å². The predicted octanol–water partition coefficient (Wildman–Crippen LogP) is 3.29. The second-order valence-corrected chi connectivity index (χ2v) is 5.64. The molecule has 0 unspecified atom stereocenters. The topological polar surface area (TPSA) is 43.1 Å². The zero-order valence-corrected chi connectivity index (χ0v) is 10.9. The molecule has 0 bridgehead atoms. The van der Waals surface area contributed by atoms with Crippen molar-refractivity contribution in [2.24, 2.45) is 17.6 Å². The normalized spacial score (nSPS) is 20.9. The summed E-state index contributed by atoms with van der Waals surface area (Å²) in [5.74, 6) is 1.72. The summed E-state index contributed by atoms with van der Waals surface area (Å²) in [7, 11) is 0. The number of ketones is 1. The van der Waals surface area contributed by atoms with Gasteiger partial charge in [0.2, 0.25) is 0 Å². The van der Waals surface area contributed by atoms with Gasteiger partial charge in [0.1, 0.15) is 5.78 Å². The summed E-state index contributed by atoms with van der Waals surface area (Å²) in [6.45, 7) is 3.81. The van der Waals surface area contributed by atoms with Crippen LogP contribution in [0.2, 0.25) is 0 Å². The molecule has 2 nitrogen and oxygen atoms in total. The third-order valence-electron chi connectivity index (χ3n) is 3.96. The van der Waals surface area contributed by atoms with Crippen molar-refractivity contribution in [3.05, 3.63) is 0 Å². The molecule has 1 aliphatic carbocycles. The Morgan fingerprint density at radius 3 is 2.56 bits per heavy atom. The van der Waals surface area contributed by atoms with Gasteiger partial charge < -0.3 is 5.73 Å². The molecule has 0 spiro atoms. The average Bonchev–Trinajstić information content (AvgIpc) is 2.70. The van der Waals surface area contributed by atoms with Gasteiger partial charge >= 0.3 is 0 Å². The maximum atomic E-state index is 11.0. The molecule has 16 heavy (non-hydrogen) atoms. The molecule has 1 fully saturated rings. The van der Waals surface area contributed by atoms with Crippen molar-refractivity contribution in [2.45, 2.75) is 71.3 Å². The fraction of sp³-hybridized carbons (Fsp3) is 0.929. The Bertz CT molecular complexity index is 209. The van der Waals surface area contributed by atoms with Gasteiger partial charge in [0.15, 0.2) is 0 Å². The van der Waals surface area contributed by atoms with E-state index in [0.29, 0.717) is 5.92 Å². The first-order chi connectivity index (χ1) is 7.59. The molecule has 0 heterocycles. The number of hydrogen-bond acceptors (Lipinski definition) is 2. The van der Waals surface area contributed by atoms with Gasteiger partial charge in [0, 0.05) is 0 Å². The molecule has 1 rings (SSSR count). The monoisotopic (exact) mass is 225 g/mol. The van der Waals surface area contributed by atoms with Gasteiger partial charge in [-0.15, -0.1) is 0 Å². The van der Waals surface area contributed by atoms with Crippen molar-refractivity contribution in [1.29, 1.82) is 0 Å². The van der Waals surface area contributed by atoms with Crippen LogP contribution in [0.1, 0.15) is 65.2 Å². The molecule has 2 atom stereocenters. The second kappa shape index (κ2) is 7.05. The van der Waals surface area contributed by atoms with E-state index in [9.17, 15) is 4.79 Å². The van der Waals surface area contributed by atoms with Crippen LogP contribution in [0.15, 0.2) is 0 Å². The quantitative estimate of drug-likeness (QED) is 0.722. The van der Waals surface area contributed by atoms with Crippen LogP contribution in [0.4, 0.5) is 0 Å². The molecule has 0 radical (unpaired) electrons. The van der Waals surface area contributed by atoms with Crippen molar-refractivity contribution in [2.75, 3.05) is 0 Å². The summed E-state index contributed by atoms with van der Waals surface area (Å²) in [5, 5.41) is 0. The van der Waals surface area contributed by atoms with Crippen LogP contribution in [0, 0.1) is 11.8 Å². The molecule has 0 aromatic rings. The SMILES string of the molecule is CC(=O)[C@@H](N)C[C@H](C)CCCC1CCCC1. The third kappa shape index (κ3) is 5.11. The summed E-state index contributed by atoms with van der Waals surface area (Å²) in [5.41, 5.74) is 5.76. The Morgan fingerprint density at radius 1 is 1.38 bits per heavy atom. The number of carbonyl (C=O) groups is 1. The van der Waals surface area contributed by atoms with Gasteiger partial charge in [-0.2, -0.15) is 0 Å². The van der Waals surface area contributed by atoms with E-state index in [2.05, 4.69) is 6.92 Å². The largest absolute Gasteiger partial charge is 0.322 e. The van der Waals surface area contributed by atoms with Crippen LogP contribution in [0.25, 0.3) is 0 Å². The van der Waals surface area contributed by atoms with E-state index >= 15 is 0 Å². The minimum Gasteiger partial charge on any atom is -0.322 e. The van der Waals surface area contributed by atoms with Crippen molar-refractivity contribution in [3.8, 4) is 0 Å². The van der Waals surface area contributed by atoms with Gasteiger partial charge in [-0.05, 0) is 25.2 Å². The lowest BCUT2D eigenvalue weighted by Crippen LogP contribution is -2.30. The number of rotatable bonds is 7. The summed E-state index contributed by atoms with van der Waals surface area (Å²) >= 11 is 0. The van der Waals surface area contributed by atoms with E-state index in [1.165, 1.54) is 44.9 Å². The van der Waals surface area contributed by atoms with Gasteiger partial charge in [-0.3, -0.25) is 4.79 Å². The van der Waals surface area contributed by atoms with E-state index in [-0.39, 0.29) is 11.8 Å². The zero-order valence-electron chi connectivity index (χ0n) is 10.9. The van der Waals surface area contributed by atoms with Gasteiger partial charge in [0.25, 0.3) is 0 Å². The first-order valence-electron chi connectivity index (χ1n) is 6.85. The minimum atomic E-state index is -0.235. The highest BCUT2D eigenvalue weighted by Crippen LogP contribution is 2.29. The highest BCUT2D eigenvalue weighted by atomic mass is 16.1. The lowest BCUT2D eigenvalue weighted by molar-refractivity contribution is -0.118. The molecule has 0 amide bonds. The van der Waals surface area contributed by atoms with Crippen molar-refractivity contribution < 1.29 is 4.79 Å². The van der Waals surface area contributed by atoms with Crippen LogP contribution in [0.3, 0.4) is 0 Å². The van der Waals surface area contributed by atoms with Crippen molar-refractivity contribution in [3.63, 3.8) is 0 Å². The highest BCUT2D eigenvalue weighted by molar-refractivity contribution is 5.81. The molecular formula is C14H27NO. The molecule has 94 valence electrons. The van der Waals surface area contributed by atoms with Crippen LogP contribution >= 0.6 is 0 Å². The van der Waals surface area contributed by atoms with E-state index in [1.54, 1.807) is 6.92 Å². The average molecular weight is 225 g/mol. The molecule has 1 saturated carbocycles. The van der Waals surface area contributed by atoms with Crippen LogP contribution in [-0.2, 0) is 4.79 Å². The Hall–Kier alpha value is -0.370. The maximum Gasteiger partial charge on any atom is 0.146 e. The van der Waals surface area contributed by atoms with E-state index in [4.69, 9.17) is 5.73 Å². The highest BCUT2D eigenvalue weighted by Gasteiger charge is 2.16. The first kappa shape index (κ1) is 13.7.